The molecule has 0 aromatic carbocycles. The van der Waals surface area contributed by atoms with Gasteiger partial charge in [0.05, 0.1) is 15.7 Å². The van der Waals surface area contributed by atoms with Crippen LogP contribution in [-0.2, 0) is 0 Å². The minimum atomic E-state index is 0.354. The molecule has 0 atom stereocenters. The van der Waals surface area contributed by atoms with E-state index in [1.807, 2.05) is 0 Å². The molecule has 0 spiro atoms. The summed E-state index contributed by atoms with van der Waals surface area (Å²) in [6, 6.07) is 1.62. The van der Waals surface area contributed by atoms with E-state index in [-0.39, 0.29) is 0 Å². The Bertz CT molecular complexity index is 472. The van der Waals surface area contributed by atoms with Crippen LogP contribution in [0.2, 0.25) is 10.2 Å². The van der Waals surface area contributed by atoms with Crippen molar-refractivity contribution in [2.45, 2.75) is 0 Å². The lowest BCUT2D eigenvalue weighted by Gasteiger charge is -1.99. The molecule has 0 aliphatic heterocycles. The van der Waals surface area contributed by atoms with E-state index in [1.165, 1.54) is 6.20 Å². The summed E-state index contributed by atoms with van der Waals surface area (Å²) in [5.41, 5.74) is 0.663. The molecule has 2 aromatic heterocycles. The molecule has 14 heavy (non-hydrogen) atoms. The Morgan fingerprint density at radius 1 is 1.29 bits per heavy atom. The fourth-order valence-electron chi connectivity index (χ4n) is 0.993. The Morgan fingerprint density at radius 3 is 2.71 bits per heavy atom. The molecule has 0 aliphatic rings. The number of pyridine rings is 1. The van der Waals surface area contributed by atoms with E-state index < -0.39 is 0 Å². The van der Waals surface area contributed by atoms with E-state index in [4.69, 9.17) is 27.7 Å². The first kappa shape index (κ1) is 9.96. The molecule has 0 amide bonds. The Morgan fingerprint density at radius 2 is 2.07 bits per heavy atom. The second-order valence-electron chi connectivity index (χ2n) is 2.49. The van der Waals surface area contributed by atoms with Crippen LogP contribution in [0.5, 0.6) is 0 Å². The third kappa shape index (κ3) is 1.78. The molecule has 0 fully saturated rings. The van der Waals surface area contributed by atoms with Crippen molar-refractivity contribution in [2.75, 3.05) is 0 Å². The van der Waals surface area contributed by atoms with Gasteiger partial charge in [-0.15, -0.1) is 0 Å². The highest BCUT2D eigenvalue weighted by molar-refractivity contribution is 9.10. The van der Waals surface area contributed by atoms with Crippen molar-refractivity contribution in [3.8, 4) is 11.3 Å². The van der Waals surface area contributed by atoms with E-state index in [1.54, 1.807) is 12.3 Å². The van der Waals surface area contributed by atoms with Crippen molar-refractivity contribution in [1.82, 2.24) is 10.1 Å². The topological polar surface area (TPSA) is 38.9 Å². The summed E-state index contributed by atoms with van der Waals surface area (Å²) in [6.45, 7) is 0. The zero-order valence-corrected chi connectivity index (χ0v) is 9.77. The molecule has 0 aliphatic carbocycles. The Kier molecular flexibility index (Phi) is 2.76. The minimum Gasteiger partial charge on any atom is -0.355 e. The van der Waals surface area contributed by atoms with E-state index in [9.17, 15) is 0 Å². The molecule has 6 heteroatoms. The summed E-state index contributed by atoms with van der Waals surface area (Å²) >= 11 is 15.0. The van der Waals surface area contributed by atoms with Gasteiger partial charge < -0.3 is 4.52 Å². The Balaban J connectivity index is 2.62. The second-order valence-corrected chi connectivity index (χ2v) is 4.14. The predicted octanol–water partition coefficient (Wildman–Crippen LogP) is 3.81. The Labute approximate surface area is 98.1 Å². The van der Waals surface area contributed by atoms with Crippen LogP contribution < -0.4 is 0 Å². The van der Waals surface area contributed by atoms with E-state index in [2.05, 4.69) is 26.1 Å². The number of rotatable bonds is 1. The van der Waals surface area contributed by atoms with Crippen molar-refractivity contribution < 1.29 is 4.52 Å². The third-order valence-corrected chi connectivity index (χ3v) is 2.67. The van der Waals surface area contributed by atoms with Crippen molar-refractivity contribution in [2.24, 2.45) is 0 Å². The largest absolute Gasteiger partial charge is 0.355 e. The molecule has 0 bridgehead atoms. The van der Waals surface area contributed by atoms with Gasteiger partial charge in [0, 0.05) is 11.8 Å². The summed E-state index contributed by atoms with van der Waals surface area (Å²) in [7, 11) is 0. The summed E-state index contributed by atoms with van der Waals surface area (Å²) in [4.78, 5) is 3.84. The van der Waals surface area contributed by atoms with Crippen LogP contribution >= 0.6 is 39.1 Å². The molecular weight excluding hydrogens is 291 g/mol. The third-order valence-electron chi connectivity index (χ3n) is 1.59. The molecule has 0 N–H and O–H groups in total. The first-order valence-corrected chi connectivity index (χ1v) is 5.15. The molecule has 0 saturated heterocycles. The zero-order chi connectivity index (χ0) is 10.1. The van der Waals surface area contributed by atoms with E-state index in [0.29, 0.717) is 21.5 Å². The summed E-state index contributed by atoms with van der Waals surface area (Å²) in [5, 5.41) is 4.44. The molecule has 2 heterocycles. The summed E-state index contributed by atoms with van der Waals surface area (Å²) in [6.07, 6.45) is 3.01. The molecule has 0 saturated carbocycles. The van der Waals surface area contributed by atoms with Crippen LogP contribution in [-0.4, -0.2) is 10.1 Å². The fraction of sp³-hybridized carbons (Fsp3) is 0. The normalized spacial score (nSPS) is 10.5. The van der Waals surface area contributed by atoms with Crippen molar-refractivity contribution >= 4 is 39.1 Å². The van der Waals surface area contributed by atoms with Crippen LogP contribution in [0.3, 0.4) is 0 Å². The van der Waals surface area contributed by atoms with Gasteiger partial charge in [0.25, 0.3) is 0 Å². The number of aromatic nitrogens is 2. The summed E-state index contributed by atoms with van der Waals surface area (Å²) < 4.78 is 5.74. The number of nitrogens with zero attached hydrogens (tertiary/aromatic N) is 2. The number of halogens is 3. The molecule has 2 aromatic rings. The highest BCUT2D eigenvalue weighted by Gasteiger charge is 2.12. The van der Waals surface area contributed by atoms with Crippen molar-refractivity contribution in [1.29, 1.82) is 0 Å². The smallest absolute Gasteiger partial charge is 0.182 e. The van der Waals surface area contributed by atoms with Gasteiger partial charge in [-0.3, -0.25) is 0 Å². The van der Waals surface area contributed by atoms with Crippen molar-refractivity contribution in [3.05, 3.63) is 33.1 Å². The first-order valence-electron chi connectivity index (χ1n) is 3.60. The van der Waals surface area contributed by atoms with Gasteiger partial charge in [0.2, 0.25) is 0 Å². The summed E-state index contributed by atoms with van der Waals surface area (Å²) in [5.74, 6) is 0.541. The maximum atomic E-state index is 5.93. The average Bonchev–Trinajstić information content (AvgIpc) is 2.56. The van der Waals surface area contributed by atoms with Gasteiger partial charge in [-0.2, -0.15) is 0 Å². The fourth-order valence-corrected chi connectivity index (χ4v) is 1.71. The highest BCUT2D eigenvalue weighted by atomic mass is 79.9. The number of hydrogen-bond donors (Lipinski definition) is 0. The standard InChI is InChI=1S/C8H3BrCl2N2O/c9-5-2-13-14-8(5)4-1-7(11)12-3-6(4)10/h1-3H. The van der Waals surface area contributed by atoms with Crippen LogP contribution in [0, 0.1) is 0 Å². The van der Waals surface area contributed by atoms with Gasteiger partial charge in [-0.05, 0) is 22.0 Å². The molecule has 2 rings (SSSR count). The number of hydrogen-bond acceptors (Lipinski definition) is 3. The zero-order valence-electron chi connectivity index (χ0n) is 6.67. The Hall–Kier alpha value is -0.580. The lowest BCUT2D eigenvalue weighted by atomic mass is 10.2. The van der Waals surface area contributed by atoms with Crippen LogP contribution in [0.1, 0.15) is 0 Å². The van der Waals surface area contributed by atoms with Crippen LogP contribution in [0.15, 0.2) is 27.5 Å². The lowest BCUT2D eigenvalue weighted by Crippen LogP contribution is -1.81. The molecule has 0 unspecified atom stereocenters. The maximum absolute atomic E-state index is 5.93. The maximum Gasteiger partial charge on any atom is 0.182 e. The monoisotopic (exact) mass is 292 g/mol. The van der Waals surface area contributed by atoms with Crippen LogP contribution in [0.4, 0.5) is 0 Å². The van der Waals surface area contributed by atoms with E-state index >= 15 is 0 Å². The van der Waals surface area contributed by atoms with Gasteiger partial charge in [0.1, 0.15) is 5.15 Å². The lowest BCUT2D eigenvalue weighted by molar-refractivity contribution is 0.432. The van der Waals surface area contributed by atoms with Gasteiger partial charge in [-0.1, -0.05) is 28.4 Å². The SMILES string of the molecule is Clc1cc(-c2oncc2Br)c(Cl)cn1. The quantitative estimate of drug-likeness (QED) is 0.751. The van der Waals surface area contributed by atoms with Crippen LogP contribution in [0.25, 0.3) is 11.3 Å². The van der Waals surface area contributed by atoms with Gasteiger partial charge in [-0.25, -0.2) is 4.98 Å². The van der Waals surface area contributed by atoms with Crippen molar-refractivity contribution in [3.63, 3.8) is 0 Å². The molecular formula is C8H3BrCl2N2O. The highest BCUT2D eigenvalue weighted by Crippen LogP contribution is 2.33. The average molecular weight is 294 g/mol. The first-order chi connectivity index (χ1) is 6.68. The van der Waals surface area contributed by atoms with Gasteiger partial charge >= 0.3 is 0 Å². The second kappa shape index (κ2) is 3.88. The molecule has 72 valence electrons. The molecule has 3 nitrogen and oxygen atoms in total. The van der Waals surface area contributed by atoms with Gasteiger partial charge in [0.15, 0.2) is 5.76 Å². The predicted molar refractivity (Wildman–Crippen MR) is 57.5 cm³/mol. The minimum absolute atomic E-state index is 0.354. The molecule has 0 radical (unpaired) electrons. The van der Waals surface area contributed by atoms with E-state index in [0.717, 1.165) is 4.47 Å².